The van der Waals surface area contributed by atoms with E-state index in [1.54, 1.807) is 16.0 Å². The molecule has 200 valence electrons. The Balaban J connectivity index is 1.20. The topological polar surface area (TPSA) is 99.0 Å². The van der Waals surface area contributed by atoms with E-state index in [1.807, 2.05) is 37.8 Å². The van der Waals surface area contributed by atoms with Crippen molar-refractivity contribution in [2.75, 3.05) is 45.9 Å². The van der Waals surface area contributed by atoms with Crippen LogP contribution in [0.25, 0.3) is 5.57 Å². The van der Waals surface area contributed by atoms with Crippen LogP contribution < -0.4 is 4.74 Å². The minimum Gasteiger partial charge on any atom is -0.492 e. The zero-order valence-electron chi connectivity index (χ0n) is 22.3. The van der Waals surface area contributed by atoms with Gasteiger partial charge >= 0.3 is 6.09 Å². The average Bonchev–Trinajstić information content (AvgIpc) is 2.91. The van der Waals surface area contributed by atoms with Gasteiger partial charge in [0.1, 0.15) is 11.4 Å². The molecule has 1 unspecified atom stereocenters. The van der Waals surface area contributed by atoms with Gasteiger partial charge in [-0.25, -0.2) is 4.79 Å². The highest BCUT2D eigenvalue weighted by Gasteiger charge is 2.29. The van der Waals surface area contributed by atoms with Crippen molar-refractivity contribution in [3.8, 4) is 11.9 Å². The number of nitriles is 1. The fourth-order valence-electron chi connectivity index (χ4n) is 5.05. The minimum atomic E-state index is -0.474. The summed E-state index contributed by atoms with van der Waals surface area (Å²) < 4.78 is 11.5. The first kappa shape index (κ1) is 26.8. The van der Waals surface area contributed by atoms with Crippen LogP contribution in [0.1, 0.15) is 58.6 Å². The Morgan fingerprint density at radius 1 is 1.05 bits per heavy atom. The van der Waals surface area contributed by atoms with Crippen LogP contribution in [0, 0.1) is 23.3 Å². The maximum Gasteiger partial charge on any atom is 0.410 e. The molecule has 37 heavy (non-hydrogen) atoms. The van der Waals surface area contributed by atoms with Crippen LogP contribution in [0.2, 0.25) is 0 Å². The van der Waals surface area contributed by atoms with Crippen LogP contribution in [0.5, 0.6) is 5.75 Å². The molecule has 3 heterocycles. The second-order valence-corrected chi connectivity index (χ2v) is 11.2. The number of ether oxygens (including phenoxy) is 2. The fraction of sp³-hybridized carbons (Fsp3) is 0.643. The van der Waals surface area contributed by atoms with Crippen LogP contribution >= 0.6 is 0 Å². The van der Waals surface area contributed by atoms with Crippen molar-refractivity contribution in [1.29, 1.82) is 5.26 Å². The largest absolute Gasteiger partial charge is 0.492 e. The summed E-state index contributed by atoms with van der Waals surface area (Å²) in [6.45, 7) is 10.1. The summed E-state index contributed by atoms with van der Waals surface area (Å²) in [4.78, 5) is 35.1. The Morgan fingerprint density at radius 3 is 2.35 bits per heavy atom. The highest BCUT2D eigenvalue weighted by Crippen LogP contribution is 2.31. The summed E-state index contributed by atoms with van der Waals surface area (Å²) in [6, 6.07) is 3.96. The molecule has 1 aromatic rings. The molecule has 2 amide bonds. The third-order valence-electron chi connectivity index (χ3n) is 7.31. The van der Waals surface area contributed by atoms with Crippen molar-refractivity contribution < 1.29 is 19.1 Å². The van der Waals surface area contributed by atoms with E-state index in [2.05, 4.69) is 17.3 Å². The first-order valence-corrected chi connectivity index (χ1v) is 13.4. The molecule has 0 N–H and O–H groups in total. The van der Waals surface area contributed by atoms with E-state index < -0.39 is 5.60 Å². The summed E-state index contributed by atoms with van der Waals surface area (Å²) in [5.41, 5.74) is 1.64. The zero-order valence-corrected chi connectivity index (χ0v) is 22.3. The number of piperazine rings is 1. The molecule has 2 fully saturated rings. The quantitative estimate of drug-likeness (QED) is 0.555. The Labute approximate surface area is 220 Å². The van der Waals surface area contributed by atoms with Crippen molar-refractivity contribution >= 4 is 17.6 Å². The van der Waals surface area contributed by atoms with Gasteiger partial charge in [0.15, 0.2) is 6.19 Å². The number of hydrogen-bond acceptors (Lipinski definition) is 7. The first-order valence-electron chi connectivity index (χ1n) is 13.4. The van der Waals surface area contributed by atoms with Gasteiger partial charge in [-0.3, -0.25) is 9.78 Å². The lowest BCUT2D eigenvalue weighted by atomic mass is 9.87. The van der Waals surface area contributed by atoms with E-state index >= 15 is 0 Å². The molecule has 0 saturated carbocycles. The van der Waals surface area contributed by atoms with Crippen LogP contribution in [-0.2, 0) is 9.53 Å². The molecular weight excluding hydrogens is 470 g/mol. The van der Waals surface area contributed by atoms with Crippen molar-refractivity contribution in [2.45, 2.75) is 58.5 Å². The van der Waals surface area contributed by atoms with E-state index in [0.717, 1.165) is 43.5 Å². The van der Waals surface area contributed by atoms with Gasteiger partial charge in [-0.1, -0.05) is 6.08 Å². The summed E-state index contributed by atoms with van der Waals surface area (Å²) >= 11 is 0. The molecule has 1 aliphatic carbocycles. The molecule has 3 aliphatic rings. The lowest BCUT2D eigenvalue weighted by Gasteiger charge is -2.34. The van der Waals surface area contributed by atoms with Gasteiger partial charge in [0.05, 0.1) is 18.5 Å². The first-order chi connectivity index (χ1) is 17.7. The summed E-state index contributed by atoms with van der Waals surface area (Å²) in [7, 11) is 0. The number of likely N-dealkylation sites (tertiary alicyclic amines) is 1. The normalized spacial score (nSPS) is 21.2. The monoisotopic (exact) mass is 509 g/mol. The number of pyridine rings is 1. The van der Waals surface area contributed by atoms with Gasteiger partial charge in [-0.05, 0) is 76.5 Å². The van der Waals surface area contributed by atoms with Gasteiger partial charge in [-0.2, -0.15) is 5.26 Å². The summed E-state index contributed by atoms with van der Waals surface area (Å²) in [5.74, 6) is 1.37. The van der Waals surface area contributed by atoms with Crippen molar-refractivity contribution in [2.24, 2.45) is 11.8 Å². The van der Waals surface area contributed by atoms with Crippen molar-refractivity contribution in [3.05, 3.63) is 30.1 Å². The number of carbonyl (C=O) groups is 2. The highest BCUT2D eigenvalue weighted by atomic mass is 16.6. The lowest BCUT2D eigenvalue weighted by molar-refractivity contribution is -0.137. The number of rotatable bonds is 5. The lowest BCUT2D eigenvalue weighted by Crippen LogP contribution is -2.49. The molecule has 9 heteroatoms. The van der Waals surface area contributed by atoms with E-state index in [1.165, 1.54) is 5.57 Å². The number of hydrogen-bond donors (Lipinski definition) is 0. The summed E-state index contributed by atoms with van der Waals surface area (Å²) in [5, 5.41) is 9.00. The average molecular weight is 510 g/mol. The molecule has 9 nitrogen and oxygen atoms in total. The van der Waals surface area contributed by atoms with Crippen LogP contribution in [0.4, 0.5) is 4.79 Å². The van der Waals surface area contributed by atoms with Gasteiger partial charge in [0.2, 0.25) is 5.91 Å². The molecule has 0 spiro atoms. The minimum absolute atomic E-state index is 0.0155. The number of aromatic nitrogens is 1. The summed E-state index contributed by atoms with van der Waals surface area (Å²) in [6.07, 6.45) is 10.0. The fourth-order valence-corrected chi connectivity index (χ4v) is 5.05. The number of carbonyl (C=O) groups excluding carboxylic acids is 2. The predicted molar refractivity (Wildman–Crippen MR) is 139 cm³/mol. The van der Waals surface area contributed by atoms with Crippen LogP contribution in [0.15, 0.2) is 24.4 Å². The van der Waals surface area contributed by atoms with E-state index in [0.29, 0.717) is 51.8 Å². The van der Waals surface area contributed by atoms with Gasteiger partial charge in [0, 0.05) is 45.2 Å². The molecular formula is C28H39N5O4. The number of nitrogens with zero attached hydrogens (tertiary/aromatic N) is 5. The van der Waals surface area contributed by atoms with Gasteiger partial charge in [0.25, 0.3) is 0 Å². The molecule has 0 bridgehead atoms. The third-order valence-corrected chi connectivity index (χ3v) is 7.31. The Bertz CT molecular complexity index is 1010. The Kier molecular flexibility index (Phi) is 8.57. The number of piperidine rings is 1. The van der Waals surface area contributed by atoms with E-state index in [-0.39, 0.29) is 17.9 Å². The standard InChI is InChI=1S/C28H39N5O4/c1-28(2,3)37-27(35)33-12-10-21(11-13-33)19-36-24-8-9-25(30-18-24)22-4-6-23(7-5-22)26(34)32-16-14-31(20-29)15-17-32/h4,8-9,18,21,23H,5-7,10-17,19H2,1-3H3. The molecule has 1 aromatic heterocycles. The Morgan fingerprint density at radius 2 is 1.78 bits per heavy atom. The van der Waals surface area contributed by atoms with Crippen molar-refractivity contribution in [3.63, 3.8) is 0 Å². The van der Waals surface area contributed by atoms with Crippen LogP contribution in [-0.4, -0.2) is 83.2 Å². The predicted octanol–water partition coefficient (Wildman–Crippen LogP) is 3.92. The van der Waals surface area contributed by atoms with Crippen molar-refractivity contribution in [1.82, 2.24) is 19.7 Å². The molecule has 4 rings (SSSR count). The highest BCUT2D eigenvalue weighted by molar-refractivity contribution is 5.80. The van der Waals surface area contributed by atoms with E-state index in [4.69, 9.17) is 14.7 Å². The molecule has 2 aliphatic heterocycles. The molecule has 1 atom stereocenters. The van der Waals surface area contributed by atoms with Gasteiger partial charge in [-0.15, -0.1) is 0 Å². The second-order valence-electron chi connectivity index (χ2n) is 11.2. The van der Waals surface area contributed by atoms with E-state index in [9.17, 15) is 9.59 Å². The number of allylic oxidation sites excluding steroid dienone is 2. The maximum absolute atomic E-state index is 12.9. The smallest absolute Gasteiger partial charge is 0.410 e. The Hall–Kier alpha value is -3.28. The number of amides is 2. The molecule has 2 saturated heterocycles. The SMILES string of the molecule is CC(C)(C)OC(=O)N1CCC(COc2ccc(C3=CCC(C(=O)N4CCN(C#N)CC4)CC3)nc2)CC1. The van der Waals surface area contributed by atoms with Gasteiger partial charge < -0.3 is 24.2 Å². The second kappa shape index (κ2) is 11.8. The molecule has 0 radical (unpaired) electrons. The molecule has 0 aromatic carbocycles. The van der Waals surface area contributed by atoms with Crippen LogP contribution in [0.3, 0.4) is 0 Å². The maximum atomic E-state index is 12.9. The third kappa shape index (κ3) is 7.37. The zero-order chi connectivity index (χ0) is 26.4.